The highest BCUT2D eigenvalue weighted by atomic mass is 35.5. The van der Waals surface area contributed by atoms with E-state index in [1.165, 1.54) is 0 Å². The van der Waals surface area contributed by atoms with Gasteiger partial charge in [-0.05, 0) is 61.4 Å². The van der Waals surface area contributed by atoms with Gasteiger partial charge >= 0.3 is 0 Å². The molecule has 1 atom stereocenters. The Hall–Kier alpha value is -3.11. The number of oxime groups is 1. The molecular formula is C24H20ClN3O. The van der Waals surface area contributed by atoms with E-state index in [0.717, 1.165) is 39.6 Å². The summed E-state index contributed by atoms with van der Waals surface area (Å²) in [5, 5.41) is 5.18. The Balaban J connectivity index is 1.67. The van der Waals surface area contributed by atoms with E-state index in [2.05, 4.69) is 54.2 Å². The summed E-state index contributed by atoms with van der Waals surface area (Å²) < 4.78 is 0. The van der Waals surface area contributed by atoms with Crippen LogP contribution in [0.3, 0.4) is 0 Å². The molecule has 2 aliphatic heterocycles. The zero-order chi connectivity index (χ0) is 20.0. The fourth-order valence-corrected chi connectivity index (χ4v) is 4.04. The predicted molar refractivity (Wildman–Crippen MR) is 118 cm³/mol. The van der Waals surface area contributed by atoms with Crippen LogP contribution in [0.1, 0.15) is 30.0 Å². The molecule has 0 N–H and O–H groups in total. The van der Waals surface area contributed by atoms with Crippen molar-refractivity contribution in [3.05, 3.63) is 94.5 Å². The van der Waals surface area contributed by atoms with Crippen molar-refractivity contribution in [1.29, 1.82) is 0 Å². The van der Waals surface area contributed by atoms with Crippen molar-refractivity contribution >= 4 is 34.5 Å². The minimum Gasteiger partial charge on any atom is -0.365 e. The zero-order valence-electron chi connectivity index (χ0n) is 16.3. The van der Waals surface area contributed by atoms with Crippen LogP contribution in [0, 0.1) is 6.92 Å². The highest BCUT2D eigenvalue weighted by molar-refractivity contribution is 6.30. The number of amidine groups is 1. The first kappa shape index (κ1) is 18.0. The van der Waals surface area contributed by atoms with Crippen LogP contribution in [0.5, 0.6) is 0 Å². The van der Waals surface area contributed by atoms with E-state index in [0.29, 0.717) is 11.4 Å². The van der Waals surface area contributed by atoms with Crippen molar-refractivity contribution in [3.63, 3.8) is 0 Å². The van der Waals surface area contributed by atoms with Crippen molar-refractivity contribution < 1.29 is 4.84 Å². The number of halogens is 1. The Kier molecular flexibility index (Phi) is 4.18. The summed E-state index contributed by atoms with van der Waals surface area (Å²) in [6, 6.07) is 24.2. The summed E-state index contributed by atoms with van der Waals surface area (Å²) in [7, 11) is 0. The monoisotopic (exact) mass is 401 g/mol. The van der Waals surface area contributed by atoms with Gasteiger partial charge in [0, 0.05) is 10.6 Å². The second-order valence-electron chi connectivity index (χ2n) is 7.62. The van der Waals surface area contributed by atoms with Crippen LogP contribution in [0.4, 0.5) is 11.4 Å². The summed E-state index contributed by atoms with van der Waals surface area (Å²) in [5.74, 6) is 0.763. The Morgan fingerprint density at radius 3 is 2.48 bits per heavy atom. The van der Waals surface area contributed by atoms with E-state index < -0.39 is 5.72 Å². The van der Waals surface area contributed by atoms with Gasteiger partial charge < -0.3 is 4.84 Å². The maximum atomic E-state index is 6.09. The Morgan fingerprint density at radius 2 is 1.72 bits per heavy atom. The number of aryl methyl sites for hydroxylation is 1. The van der Waals surface area contributed by atoms with E-state index in [-0.39, 0.29) is 0 Å². The molecule has 0 saturated carbocycles. The molecule has 0 aromatic heterocycles. The van der Waals surface area contributed by atoms with Crippen LogP contribution in [0.25, 0.3) is 0 Å². The maximum Gasteiger partial charge on any atom is 0.218 e. The second kappa shape index (κ2) is 6.75. The molecule has 3 aromatic rings. The van der Waals surface area contributed by atoms with Gasteiger partial charge in [-0.15, -0.1) is 0 Å². The van der Waals surface area contributed by atoms with Gasteiger partial charge in [-0.1, -0.05) is 53.2 Å². The second-order valence-corrected chi connectivity index (χ2v) is 8.05. The molecule has 4 nitrogen and oxygen atoms in total. The number of nitrogens with zero attached hydrogens (tertiary/aromatic N) is 3. The van der Waals surface area contributed by atoms with Crippen LogP contribution in [0.15, 0.2) is 82.9 Å². The molecule has 0 amide bonds. The first-order valence-corrected chi connectivity index (χ1v) is 9.97. The van der Waals surface area contributed by atoms with Gasteiger partial charge in [-0.3, -0.25) is 9.89 Å². The third-order valence-corrected chi connectivity index (χ3v) is 5.60. The largest absolute Gasteiger partial charge is 0.365 e. The van der Waals surface area contributed by atoms with Crippen LogP contribution in [-0.4, -0.2) is 17.3 Å². The summed E-state index contributed by atoms with van der Waals surface area (Å²) in [4.78, 5) is 13.3. The molecule has 5 heteroatoms. The average molecular weight is 402 g/mol. The number of rotatable bonds is 2. The van der Waals surface area contributed by atoms with Gasteiger partial charge in [0.25, 0.3) is 0 Å². The number of benzene rings is 3. The van der Waals surface area contributed by atoms with Gasteiger partial charge in [-0.25, -0.2) is 0 Å². The Bertz CT molecular complexity index is 1140. The number of aliphatic imine (C=N–C) groups is 1. The van der Waals surface area contributed by atoms with Crippen molar-refractivity contribution in [1.82, 2.24) is 0 Å². The lowest BCUT2D eigenvalue weighted by molar-refractivity contribution is 0.00470. The first-order valence-electron chi connectivity index (χ1n) is 9.59. The fourth-order valence-electron chi connectivity index (χ4n) is 3.91. The molecule has 5 rings (SSSR count). The molecule has 0 spiro atoms. The van der Waals surface area contributed by atoms with Crippen molar-refractivity contribution in [2.75, 3.05) is 4.90 Å². The third-order valence-electron chi connectivity index (χ3n) is 5.35. The van der Waals surface area contributed by atoms with E-state index in [4.69, 9.17) is 21.4 Å². The normalized spacial score (nSPS) is 20.2. The number of hydrogen-bond donors (Lipinski definition) is 0. The molecule has 29 heavy (non-hydrogen) atoms. The van der Waals surface area contributed by atoms with Crippen LogP contribution < -0.4 is 4.90 Å². The number of anilines is 1. The maximum absolute atomic E-state index is 6.09. The summed E-state index contributed by atoms with van der Waals surface area (Å²) in [5.41, 5.74) is 5.41. The predicted octanol–water partition coefficient (Wildman–Crippen LogP) is 6.09. The third kappa shape index (κ3) is 3.10. The van der Waals surface area contributed by atoms with E-state index in [9.17, 15) is 0 Å². The molecule has 0 fully saturated rings. The molecule has 3 aromatic carbocycles. The lowest BCUT2D eigenvalue weighted by Crippen LogP contribution is -2.47. The molecule has 2 heterocycles. The van der Waals surface area contributed by atoms with Gasteiger partial charge in [0.2, 0.25) is 5.72 Å². The van der Waals surface area contributed by atoms with Gasteiger partial charge in [0.1, 0.15) is 0 Å². The summed E-state index contributed by atoms with van der Waals surface area (Å²) in [6.45, 7) is 4.14. The van der Waals surface area contributed by atoms with Crippen molar-refractivity contribution in [3.8, 4) is 0 Å². The quantitative estimate of drug-likeness (QED) is 0.521. The van der Waals surface area contributed by atoms with Crippen molar-refractivity contribution in [2.45, 2.75) is 26.0 Å². The van der Waals surface area contributed by atoms with E-state index >= 15 is 0 Å². The van der Waals surface area contributed by atoms with E-state index in [1.54, 1.807) is 0 Å². The van der Waals surface area contributed by atoms with Gasteiger partial charge in [0.05, 0.1) is 23.5 Å². The fraction of sp³-hybridized carbons (Fsp3) is 0.167. The zero-order valence-corrected chi connectivity index (χ0v) is 17.0. The first-order chi connectivity index (χ1) is 14.0. The highest BCUT2D eigenvalue weighted by Gasteiger charge is 2.46. The molecule has 144 valence electrons. The summed E-state index contributed by atoms with van der Waals surface area (Å²) >= 11 is 6.09. The van der Waals surface area contributed by atoms with E-state index in [1.807, 2.05) is 42.5 Å². The standard InChI is InChI=1S/C24H20ClN3O/c1-16-8-13-22-20(14-16)26-21(17-6-4-3-5-7-17)15-24(2)28(22)23(27-29-24)18-9-11-19(25)12-10-18/h3-14H,15H2,1-2H3. The summed E-state index contributed by atoms with van der Waals surface area (Å²) in [6.07, 6.45) is 0.603. The molecule has 2 aliphatic rings. The van der Waals surface area contributed by atoms with Gasteiger partial charge in [0.15, 0.2) is 5.84 Å². The van der Waals surface area contributed by atoms with Crippen LogP contribution in [-0.2, 0) is 4.84 Å². The molecule has 0 bridgehead atoms. The topological polar surface area (TPSA) is 37.2 Å². The minimum absolute atomic E-state index is 0.603. The van der Waals surface area contributed by atoms with Gasteiger partial charge in [-0.2, -0.15) is 0 Å². The highest BCUT2D eigenvalue weighted by Crippen LogP contribution is 2.44. The molecular weight excluding hydrogens is 382 g/mol. The smallest absolute Gasteiger partial charge is 0.218 e. The molecule has 0 radical (unpaired) electrons. The SMILES string of the molecule is Cc1ccc2c(c1)N=C(c1ccccc1)CC1(C)ON=C(c3ccc(Cl)cc3)N21. The lowest BCUT2D eigenvalue weighted by atomic mass is 9.99. The lowest BCUT2D eigenvalue weighted by Gasteiger charge is -2.33. The van der Waals surface area contributed by atoms with Crippen molar-refractivity contribution in [2.24, 2.45) is 10.1 Å². The number of fused-ring (bicyclic) bond motifs is 3. The molecule has 1 unspecified atom stereocenters. The molecule has 0 saturated heterocycles. The minimum atomic E-state index is -0.676. The Morgan fingerprint density at radius 1 is 0.966 bits per heavy atom. The average Bonchev–Trinajstić information content (AvgIpc) is 2.99. The Labute approximate surface area is 175 Å². The number of hydrogen-bond acceptors (Lipinski definition) is 4. The molecule has 0 aliphatic carbocycles. The van der Waals surface area contributed by atoms with Crippen LogP contribution in [0.2, 0.25) is 5.02 Å². The van der Waals surface area contributed by atoms with Crippen LogP contribution >= 0.6 is 11.6 Å².